The molecule has 3 aliphatic rings. The van der Waals surface area contributed by atoms with Crippen molar-refractivity contribution in [2.75, 3.05) is 34.6 Å². The summed E-state index contributed by atoms with van der Waals surface area (Å²) in [6.45, 7) is -0.597. The zero-order valence-electron chi connectivity index (χ0n) is 31.1. The Morgan fingerprint density at radius 3 is 1.70 bits per heavy atom. The first-order valence-corrected chi connectivity index (χ1v) is 16.5. The second kappa shape index (κ2) is 22.6. The van der Waals surface area contributed by atoms with Gasteiger partial charge in [0.05, 0.1) is 36.7 Å². The summed E-state index contributed by atoms with van der Waals surface area (Å²) in [4.78, 5) is 94.7. The van der Waals surface area contributed by atoms with Gasteiger partial charge in [-0.05, 0) is 41.3 Å². The molecule has 3 saturated heterocycles. The minimum atomic E-state index is -0.703. The van der Waals surface area contributed by atoms with Crippen molar-refractivity contribution in [3.8, 4) is 12.8 Å². The molecule has 0 bridgehead atoms. The minimum absolute atomic E-state index is 0.0217. The van der Waals surface area contributed by atoms with Gasteiger partial charge in [-0.2, -0.15) is 9.59 Å². The van der Waals surface area contributed by atoms with E-state index in [1.54, 1.807) is 68.2 Å². The summed E-state index contributed by atoms with van der Waals surface area (Å²) in [5.74, 6) is -2.38. The molecule has 0 aromatic carbocycles. The number of carbonyl (C=O) groups excluding carboxylic acids is 7. The molecule has 4 N–H and O–H groups in total. The van der Waals surface area contributed by atoms with Crippen LogP contribution in [0.3, 0.4) is 0 Å². The van der Waals surface area contributed by atoms with Crippen molar-refractivity contribution in [2.45, 2.75) is 43.8 Å². The minimum Gasteiger partial charge on any atom is -0.444 e. The van der Waals surface area contributed by atoms with Crippen molar-refractivity contribution in [1.82, 2.24) is 35.0 Å². The van der Waals surface area contributed by atoms with Crippen molar-refractivity contribution in [3.05, 3.63) is 90.3 Å². The van der Waals surface area contributed by atoms with E-state index in [1.807, 2.05) is 31.4 Å². The summed E-state index contributed by atoms with van der Waals surface area (Å²) < 4.78 is 11.1. The average molecular weight is 746 g/mol. The van der Waals surface area contributed by atoms with Gasteiger partial charge in [-0.25, -0.2) is 0 Å². The van der Waals surface area contributed by atoms with Crippen LogP contribution >= 0.6 is 0 Å². The first-order chi connectivity index (χ1) is 26.4. The molecule has 6 rings (SSSR count). The van der Waals surface area contributed by atoms with E-state index >= 15 is 0 Å². The van der Waals surface area contributed by atoms with Crippen molar-refractivity contribution in [2.24, 2.45) is 17.6 Å². The SMILES string of the molecule is CN1C(=O)CC(C(=O)NCOC(=O)C2CC(=O)N(C)C2c2cccnc2)C1c1cccnc1.CN1C(=O)CCC1c1cccnc1.NCO.O=C=O.[2H]C#C. The van der Waals surface area contributed by atoms with Gasteiger partial charge in [0.1, 0.15) is 1.37 Å². The molecule has 3 aromatic heterocycles. The van der Waals surface area contributed by atoms with Gasteiger partial charge in [0, 0.05) is 77.6 Å². The number of amides is 4. The fraction of sp³-hybridized carbons (Fsp3) is 0.378. The van der Waals surface area contributed by atoms with E-state index in [0.717, 1.165) is 23.1 Å². The van der Waals surface area contributed by atoms with E-state index in [9.17, 15) is 24.0 Å². The fourth-order valence-electron chi connectivity index (χ4n) is 6.38. The third-order valence-corrected chi connectivity index (χ3v) is 8.89. The molecular formula is C37H44N8O9. The summed E-state index contributed by atoms with van der Waals surface area (Å²) in [6.07, 6.45) is 17.7. The van der Waals surface area contributed by atoms with Crippen LogP contribution in [-0.4, -0.2) is 105 Å². The van der Waals surface area contributed by atoms with E-state index < -0.39 is 35.8 Å². The third kappa shape index (κ3) is 11.6. The number of aliphatic hydroxyl groups is 1. The van der Waals surface area contributed by atoms with Crippen LogP contribution in [0.15, 0.2) is 73.6 Å². The number of nitrogens with one attached hydrogen (secondary N) is 1. The Morgan fingerprint density at radius 1 is 0.870 bits per heavy atom. The topological polar surface area (TPSA) is 235 Å². The number of hydrogen-bond donors (Lipinski definition) is 3. The molecule has 17 nitrogen and oxygen atoms in total. The molecule has 5 atom stereocenters. The Balaban J connectivity index is 0.000000389. The molecule has 0 aliphatic carbocycles. The quantitative estimate of drug-likeness (QED) is 0.172. The van der Waals surface area contributed by atoms with Crippen molar-refractivity contribution < 1.29 is 44.8 Å². The number of nitrogens with two attached hydrogens (primary N) is 1. The van der Waals surface area contributed by atoms with Gasteiger partial charge >= 0.3 is 12.1 Å². The molecule has 286 valence electrons. The van der Waals surface area contributed by atoms with Gasteiger partial charge in [0.25, 0.3) is 0 Å². The molecule has 3 fully saturated rings. The van der Waals surface area contributed by atoms with Crippen LogP contribution in [0.25, 0.3) is 0 Å². The lowest BCUT2D eigenvalue weighted by Crippen LogP contribution is -2.37. The highest BCUT2D eigenvalue weighted by Gasteiger charge is 2.45. The van der Waals surface area contributed by atoms with Gasteiger partial charge in [0.15, 0.2) is 6.73 Å². The molecule has 17 heteroatoms. The number of aromatic nitrogens is 3. The number of nitrogens with zero attached hydrogens (tertiary/aromatic N) is 6. The van der Waals surface area contributed by atoms with Crippen molar-refractivity contribution in [3.63, 3.8) is 0 Å². The van der Waals surface area contributed by atoms with Crippen LogP contribution in [-0.2, 0) is 38.3 Å². The molecular weight excluding hydrogens is 700 g/mol. The third-order valence-electron chi connectivity index (χ3n) is 8.89. The highest BCUT2D eigenvalue weighted by Crippen LogP contribution is 2.38. The number of hydrogen-bond acceptors (Lipinski definition) is 13. The number of esters is 1. The Morgan fingerprint density at radius 2 is 1.30 bits per heavy atom. The summed E-state index contributed by atoms with van der Waals surface area (Å²) in [6, 6.07) is 10.4. The van der Waals surface area contributed by atoms with Crippen LogP contribution < -0.4 is 11.1 Å². The zero-order chi connectivity index (χ0) is 40.9. The van der Waals surface area contributed by atoms with Crippen LogP contribution in [0, 0.1) is 24.7 Å². The summed E-state index contributed by atoms with van der Waals surface area (Å²) in [7, 11) is 5.15. The summed E-state index contributed by atoms with van der Waals surface area (Å²) in [5, 5.41) is 9.95. The van der Waals surface area contributed by atoms with Gasteiger partial charge in [-0.1, -0.05) is 18.2 Å². The van der Waals surface area contributed by atoms with Gasteiger partial charge in [-0.15, -0.1) is 12.8 Å². The van der Waals surface area contributed by atoms with Gasteiger partial charge in [-0.3, -0.25) is 38.9 Å². The van der Waals surface area contributed by atoms with Crippen molar-refractivity contribution in [1.29, 1.82) is 0 Å². The first-order valence-electron chi connectivity index (χ1n) is 17.0. The monoisotopic (exact) mass is 745 g/mol. The lowest BCUT2D eigenvalue weighted by molar-refractivity contribution is -0.191. The molecule has 0 radical (unpaired) electrons. The van der Waals surface area contributed by atoms with Crippen LogP contribution in [0.2, 0.25) is 0 Å². The molecule has 3 aromatic rings. The van der Waals surface area contributed by atoms with Crippen LogP contribution in [0.4, 0.5) is 0 Å². The summed E-state index contributed by atoms with van der Waals surface area (Å²) >= 11 is 0. The number of terminal acetylenes is 1. The second-order valence-electron chi connectivity index (χ2n) is 11.9. The number of ether oxygens (including phenoxy) is 1. The van der Waals surface area contributed by atoms with Crippen LogP contribution in [0.5, 0.6) is 0 Å². The Kier molecular flexibility index (Phi) is 17.6. The van der Waals surface area contributed by atoms with Gasteiger partial charge < -0.3 is 35.6 Å². The predicted molar refractivity (Wildman–Crippen MR) is 190 cm³/mol. The first kappa shape index (κ1) is 42.1. The summed E-state index contributed by atoms with van der Waals surface area (Å²) in [5.41, 5.74) is 7.04. The number of pyridine rings is 3. The Labute approximate surface area is 314 Å². The maximum atomic E-state index is 12.8. The van der Waals surface area contributed by atoms with E-state index in [0.29, 0.717) is 6.42 Å². The number of rotatable bonds is 7. The molecule has 0 saturated carbocycles. The highest BCUT2D eigenvalue weighted by molar-refractivity contribution is 5.91. The molecule has 5 unspecified atom stereocenters. The maximum absolute atomic E-state index is 12.8. The Bertz CT molecular complexity index is 1690. The number of aliphatic hydroxyl groups excluding tert-OH is 1. The standard InChI is InChI=1S/C23H25N5O5.C10H12N2O.C2H2.CH5NO.CO2/c1-27-18(29)9-16(20(27)14-5-3-7-24-11-14)22(31)26-13-33-23(32)17-10-19(30)28(2)21(17)15-6-4-8-25-12-15;1-12-9(4-5-10(12)13)8-3-2-6-11-7-8;1-2;2*2-1-3/h3-8,11-12,16-17,20-21H,9-10,13H2,1-2H3,(H,26,31);2-3,6-7,9H,4-5H2,1H3;1-2H;3H,1-2H2;/i;;1D;;. The number of likely N-dealkylation sites (tertiary alicyclic amines) is 3. The molecule has 3 aliphatic heterocycles. The second-order valence-corrected chi connectivity index (χ2v) is 11.9. The highest BCUT2D eigenvalue weighted by atomic mass is 16.5. The molecule has 54 heavy (non-hydrogen) atoms. The Hall–Kier alpha value is -6.34. The lowest BCUT2D eigenvalue weighted by Gasteiger charge is -2.25. The normalized spacial score (nSPS) is 21.2. The molecule has 6 heterocycles. The average Bonchev–Trinajstić information content (AvgIpc) is 3.80. The zero-order valence-corrected chi connectivity index (χ0v) is 30.1. The smallest absolute Gasteiger partial charge is 0.373 e. The predicted octanol–water partition coefficient (Wildman–Crippen LogP) is 0.768. The largest absolute Gasteiger partial charge is 0.444 e. The van der Waals surface area contributed by atoms with E-state index in [2.05, 4.69) is 32.4 Å². The number of carbonyl (C=O) groups is 5. The van der Waals surface area contributed by atoms with Gasteiger partial charge in [0.2, 0.25) is 23.6 Å². The fourth-order valence-corrected chi connectivity index (χ4v) is 6.38. The van der Waals surface area contributed by atoms with Crippen LogP contribution in [0.1, 0.15) is 61.9 Å². The van der Waals surface area contributed by atoms with E-state index in [-0.39, 0.29) is 56.2 Å². The molecule has 0 spiro atoms. The lowest BCUT2D eigenvalue weighted by atomic mass is 9.94. The van der Waals surface area contributed by atoms with E-state index in [4.69, 9.17) is 20.8 Å². The van der Waals surface area contributed by atoms with Crippen molar-refractivity contribution >= 4 is 35.7 Å². The van der Waals surface area contributed by atoms with E-state index in [1.165, 1.54) is 16.2 Å². The molecule has 4 amide bonds. The maximum Gasteiger partial charge on any atom is 0.373 e.